The van der Waals surface area contributed by atoms with Gasteiger partial charge in [0.2, 0.25) is 5.89 Å². The number of ether oxygens (including phenoxy) is 1. The molecule has 0 aromatic carbocycles. The molecule has 3 aromatic rings. The maximum Gasteiger partial charge on any atom is 0.307 e. The van der Waals surface area contributed by atoms with E-state index < -0.39 is 0 Å². The lowest BCUT2D eigenvalue weighted by atomic mass is 9.80. The SMILES string of the molecule is CCn1ncc2c(NC3CCOC(=O)C3)c(-c3nc(C(=O)N(C)C4(CN)CCCCC4)co3)cnc21. The molecular weight excluding hydrogens is 462 g/mol. The maximum atomic E-state index is 13.4. The van der Waals surface area contributed by atoms with Gasteiger partial charge in [-0.3, -0.25) is 9.59 Å². The summed E-state index contributed by atoms with van der Waals surface area (Å²) in [4.78, 5) is 36.2. The van der Waals surface area contributed by atoms with Gasteiger partial charge < -0.3 is 25.1 Å². The summed E-state index contributed by atoms with van der Waals surface area (Å²) in [5.74, 6) is -0.176. The third-order valence-corrected chi connectivity index (χ3v) is 7.59. The number of likely N-dealkylation sites (N-methyl/N-ethyl adjacent to an activating group) is 1. The summed E-state index contributed by atoms with van der Waals surface area (Å²) in [6, 6.07) is -0.113. The number of carbonyl (C=O) groups excluding carboxylic acids is 2. The number of nitrogens with one attached hydrogen (secondary N) is 1. The van der Waals surface area contributed by atoms with Crippen LogP contribution in [0.1, 0.15) is 62.4 Å². The van der Waals surface area contributed by atoms with Crippen molar-refractivity contribution in [2.24, 2.45) is 5.73 Å². The molecule has 1 aliphatic heterocycles. The summed E-state index contributed by atoms with van der Waals surface area (Å²) in [7, 11) is 1.80. The van der Waals surface area contributed by atoms with Gasteiger partial charge in [-0.15, -0.1) is 0 Å². The third kappa shape index (κ3) is 4.32. The zero-order valence-corrected chi connectivity index (χ0v) is 20.8. The number of cyclic esters (lactones) is 1. The summed E-state index contributed by atoms with van der Waals surface area (Å²) in [6.45, 7) is 3.44. The number of hydrogen-bond acceptors (Lipinski definition) is 9. The molecule has 1 saturated carbocycles. The van der Waals surface area contributed by atoms with Gasteiger partial charge in [0.25, 0.3) is 5.91 Å². The van der Waals surface area contributed by atoms with Crippen LogP contribution in [-0.2, 0) is 16.1 Å². The first-order valence-corrected chi connectivity index (χ1v) is 12.7. The first-order chi connectivity index (χ1) is 17.5. The summed E-state index contributed by atoms with van der Waals surface area (Å²) < 4.78 is 12.7. The van der Waals surface area contributed by atoms with Crippen LogP contribution >= 0.6 is 0 Å². The van der Waals surface area contributed by atoms with Crippen LogP contribution in [-0.4, -0.2) is 68.3 Å². The molecule has 4 heterocycles. The Kier molecular flexibility index (Phi) is 6.65. The van der Waals surface area contributed by atoms with Crippen molar-refractivity contribution < 1.29 is 18.7 Å². The second-order valence-corrected chi connectivity index (χ2v) is 9.69. The molecule has 36 heavy (non-hydrogen) atoms. The molecule has 2 fully saturated rings. The van der Waals surface area contributed by atoms with E-state index in [2.05, 4.69) is 20.4 Å². The first-order valence-electron chi connectivity index (χ1n) is 12.7. The molecule has 1 aliphatic carbocycles. The Morgan fingerprint density at radius 3 is 2.83 bits per heavy atom. The van der Waals surface area contributed by atoms with Gasteiger partial charge in [-0.05, 0) is 19.8 Å². The van der Waals surface area contributed by atoms with Crippen LogP contribution in [0.25, 0.3) is 22.5 Å². The predicted octanol–water partition coefficient (Wildman–Crippen LogP) is 2.96. The largest absolute Gasteiger partial charge is 0.466 e. The molecule has 0 bridgehead atoms. The predicted molar refractivity (Wildman–Crippen MR) is 133 cm³/mol. The zero-order valence-electron chi connectivity index (χ0n) is 20.8. The van der Waals surface area contributed by atoms with Crippen molar-refractivity contribution >= 4 is 28.6 Å². The highest BCUT2D eigenvalue weighted by Gasteiger charge is 2.38. The van der Waals surface area contributed by atoms with E-state index in [1.165, 1.54) is 6.26 Å². The highest BCUT2D eigenvalue weighted by molar-refractivity contribution is 5.98. The normalized spacial score (nSPS) is 19.8. The monoisotopic (exact) mass is 495 g/mol. The Balaban J connectivity index is 1.49. The van der Waals surface area contributed by atoms with Crippen LogP contribution in [0.5, 0.6) is 0 Å². The quantitative estimate of drug-likeness (QED) is 0.473. The van der Waals surface area contributed by atoms with Crippen molar-refractivity contribution in [1.82, 2.24) is 24.6 Å². The number of fused-ring (bicyclic) bond motifs is 1. The molecule has 11 heteroatoms. The van der Waals surface area contributed by atoms with Crippen molar-refractivity contribution in [1.29, 1.82) is 0 Å². The number of rotatable bonds is 7. The van der Waals surface area contributed by atoms with Crippen LogP contribution in [0.3, 0.4) is 0 Å². The molecule has 1 unspecified atom stereocenters. The first kappa shape index (κ1) is 24.2. The summed E-state index contributed by atoms with van der Waals surface area (Å²) in [5.41, 5.74) is 8.05. The lowest BCUT2D eigenvalue weighted by Crippen LogP contribution is -2.55. The lowest BCUT2D eigenvalue weighted by molar-refractivity contribution is -0.147. The highest BCUT2D eigenvalue weighted by atomic mass is 16.5. The molecule has 1 amide bonds. The highest BCUT2D eigenvalue weighted by Crippen LogP contribution is 2.36. The van der Waals surface area contributed by atoms with E-state index in [1.807, 2.05) is 6.92 Å². The Labute approximate surface area is 209 Å². The molecule has 1 saturated heterocycles. The molecule has 0 radical (unpaired) electrons. The topological polar surface area (TPSA) is 141 Å². The van der Waals surface area contributed by atoms with Crippen molar-refractivity contribution in [3.63, 3.8) is 0 Å². The number of aryl methyl sites for hydroxylation is 1. The number of oxazole rings is 1. The molecule has 1 atom stereocenters. The Hall–Kier alpha value is -3.47. The van der Waals surface area contributed by atoms with Crippen molar-refractivity contribution in [3.05, 3.63) is 24.4 Å². The van der Waals surface area contributed by atoms with Crippen LogP contribution in [0.2, 0.25) is 0 Å². The minimum atomic E-state index is -0.355. The molecule has 11 nitrogen and oxygen atoms in total. The molecule has 5 rings (SSSR count). The maximum absolute atomic E-state index is 13.4. The number of nitrogens with zero attached hydrogens (tertiary/aromatic N) is 5. The van der Waals surface area contributed by atoms with Crippen molar-refractivity contribution in [2.75, 3.05) is 25.5 Å². The number of pyridine rings is 1. The van der Waals surface area contributed by atoms with E-state index in [4.69, 9.17) is 14.9 Å². The second kappa shape index (κ2) is 9.88. The van der Waals surface area contributed by atoms with Gasteiger partial charge in [0, 0.05) is 38.8 Å². The van der Waals surface area contributed by atoms with Gasteiger partial charge in [0.1, 0.15) is 6.26 Å². The van der Waals surface area contributed by atoms with Gasteiger partial charge in [-0.25, -0.2) is 14.6 Å². The summed E-state index contributed by atoms with van der Waals surface area (Å²) >= 11 is 0. The smallest absolute Gasteiger partial charge is 0.307 e. The Morgan fingerprint density at radius 1 is 1.31 bits per heavy atom. The van der Waals surface area contributed by atoms with E-state index in [0.717, 1.165) is 43.2 Å². The van der Waals surface area contributed by atoms with E-state index in [0.29, 0.717) is 37.3 Å². The average molecular weight is 496 g/mol. The summed E-state index contributed by atoms with van der Waals surface area (Å²) in [6.07, 6.45) is 10.8. The van der Waals surface area contributed by atoms with E-state index in [1.54, 1.807) is 29.0 Å². The van der Waals surface area contributed by atoms with Crippen molar-refractivity contribution in [2.45, 2.75) is 70.0 Å². The Morgan fingerprint density at radius 2 is 2.11 bits per heavy atom. The number of aromatic nitrogens is 4. The molecular formula is C25H33N7O4. The summed E-state index contributed by atoms with van der Waals surface area (Å²) in [5, 5.41) is 8.71. The fourth-order valence-corrected chi connectivity index (χ4v) is 5.35. The van der Waals surface area contributed by atoms with E-state index in [-0.39, 0.29) is 41.5 Å². The van der Waals surface area contributed by atoms with Crippen LogP contribution < -0.4 is 11.1 Å². The minimum Gasteiger partial charge on any atom is -0.466 e. The van der Waals surface area contributed by atoms with Crippen molar-refractivity contribution in [3.8, 4) is 11.5 Å². The molecule has 2 aliphatic rings. The van der Waals surface area contributed by atoms with E-state index >= 15 is 0 Å². The molecule has 3 N–H and O–H groups in total. The van der Waals surface area contributed by atoms with Gasteiger partial charge in [-0.2, -0.15) is 5.10 Å². The number of anilines is 1. The zero-order chi connectivity index (χ0) is 25.3. The lowest BCUT2D eigenvalue weighted by Gasteiger charge is -2.43. The fraction of sp³-hybridized carbons (Fsp3) is 0.560. The average Bonchev–Trinajstić information content (AvgIpc) is 3.56. The number of esters is 1. The van der Waals surface area contributed by atoms with Gasteiger partial charge in [0.05, 0.1) is 41.4 Å². The minimum absolute atomic E-state index is 0.113. The molecule has 3 aromatic heterocycles. The van der Waals surface area contributed by atoms with Gasteiger partial charge in [0.15, 0.2) is 11.3 Å². The standard InChI is InChI=1S/C25H33N7O4/c1-3-32-22-17(13-28-32)21(29-16-7-10-35-20(33)11-16)18(12-27-22)23-30-19(14-36-23)24(34)31(2)25(15-26)8-5-4-6-9-25/h12-14,16H,3-11,15,26H2,1-2H3,(H,27,29). The number of carbonyl (C=O) groups is 2. The molecule has 0 spiro atoms. The second-order valence-electron chi connectivity index (χ2n) is 9.69. The number of amides is 1. The van der Waals surface area contributed by atoms with Crippen LogP contribution in [0.4, 0.5) is 5.69 Å². The third-order valence-electron chi connectivity index (χ3n) is 7.59. The fourth-order valence-electron chi connectivity index (χ4n) is 5.35. The van der Waals surface area contributed by atoms with Gasteiger partial charge >= 0.3 is 5.97 Å². The van der Waals surface area contributed by atoms with Gasteiger partial charge in [-0.1, -0.05) is 19.3 Å². The Bertz CT molecular complexity index is 1260. The number of nitrogens with two attached hydrogens (primary N) is 1. The van der Waals surface area contributed by atoms with Crippen LogP contribution in [0.15, 0.2) is 23.1 Å². The van der Waals surface area contributed by atoms with Crippen LogP contribution in [0, 0.1) is 0 Å². The van der Waals surface area contributed by atoms with E-state index in [9.17, 15) is 9.59 Å². The molecule has 192 valence electrons. The number of hydrogen-bond donors (Lipinski definition) is 2.